The van der Waals surface area contributed by atoms with Crippen molar-refractivity contribution in [3.63, 3.8) is 0 Å². The minimum Gasteiger partial charge on any atom is -0.366 e. The summed E-state index contributed by atoms with van der Waals surface area (Å²) < 4.78 is 12.6. The summed E-state index contributed by atoms with van der Waals surface area (Å²) in [5, 5.41) is 15.2. The maximum absolute atomic E-state index is 14.8. The van der Waals surface area contributed by atoms with Crippen LogP contribution in [0, 0.1) is 11.8 Å². The van der Waals surface area contributed by atoms with Crippen LogP contribution in [0.15, 0.2) is 60.6 Å². The van der Waals surface area contributed by atoms with Gasteiger partial charge >= 0.3 is 0 Å². The van der Waals surface area contributed by atoms with E-state index in [2.05, 4.69) is 39.7 Å². The second-order valence-corrected chi connectivity index (χ2v) is 21.2. The standard InChI is InChI=1S/C50H74N8O9S/c1-13-49(9,10)66-30(7)39-44(62)51-33(26-32-20-16-15-17-21-32)47(64)57-24-18-22-35(57)42(60)54-38(29(5)6)48(65)58-25-19-23-36(58)43(61)56-40(31(8)67-50(11,12)14-2)45(63)53-37(28(3)4)46-52-34(27-68-46)41(59)55-39/h13-17,20-21,28-31,33-40H,1-2,18-19,22-27H2,3-12H3,(H,51,62)(H,53,63)(H,54,60)(H,55,59)(H,56,61). The van der Waals surface area contributed by atoms with E-state index in [0.29, 0.717) is 30.7 Å². The van der Waals surface area contributed by atoms with Crippen molar-refractivity contribution < 1.29 is 43.0 Å². The first-order valence-electron chi connectivity index (χ1n) is 24.0. The highest BCUT2D eigenvalue weighted by atomic mass is 32.2. The second kappa shape index (κ2) is 23.0. The third kappa shape index (κ3) is 13.4. The van der Waals surface area contributed by atoms with Crippen LogP contribution in [0.5, 0.6) is 0 Å². The molecule has 68 heavy (non-hydrogen) atoms. The molecule has 2 fully saturated rings. The smallest absolute Gasteiger partial charge is 0.246 e. The molecule has 2 bridgehead atoms. The van der Waals surface area contributed by atoms with Gasteiger partial charge in [-0.25, -0.2) is 0 Å². The number of thioether (sulfide) groups is 1. The number of amides is 7. The number of carbonyl (C=O) groups excluding carboxylic acids is 7. The zero-order valence-corrected chi connectivity index (χ0v) is 42.3. The predicted octanol–water partition coefficient (Wildman–Crippen LogP) is 3.21. The third-order valence-electron chi connectivity index (χ3n) is 13.1. The maximum atomic E-state index is 14.8. The van der Waals surface area contributed by atoms with Crippen LogP contribution in [0.2, 0.25) is 0 Å². The SMILES string of the molecule is C=CC(C)(C)OC(C)C1NC(=O)C2CSC(=N2)C(C(C)C)NC(=O)C(C(C)OC(C)(C)C=C)NC(=O)C2CCCN2C(=O)C(C(C)C)NC(=O)C2CCCN2C(=O)C(Cc2ccccc2)NC1=O. The molecule has 5 rings (SSSR count). The normalized spacial score (nSPS) is 28.4. The number of carbonyl (C=O) groups is 7. The summed E-state index contributed by atoms with van der Waals surface area (Å²) in [7, 11) is 0. The van der Waals surface area contributed by atoms with E-state index in [0.717, 1.165) is 5.56 Å². The lowest BCUT2D eigenvalue weighted by Gasteiger charge is -2.35. The van der Waals surface area contributed by atoms with Gasteiger partial charge in [-0.3, -0.25) is 38.6 Å². The predicted molar refractivity (Wildman–Crippen MR) is 262 cm³/mol. The molecule has 4 aliphatic heterocycles. The van der Waals surface area contributed by atoms with Gasteiger partial charge in [0.25, 0.3) is 0 Å². The van der Waals surface area contributed by atoms with Crippen molar-refractivity contribution in [3.8, 4) is 0 Å². The number of benzene rings is 1. The Labute approximate surface area is 406 Å². The van der Waals surface area contributed by atoms with E-state index in [9.17, 15) is 33.6 Å². The zero-order valence-electron chi connectivity index (χ0n) is 41.5. The molecule has 2 saturated heterocycles. The number of nitrogens with zero attached hydrogens (tertiary/aromatic N) is 3. The van der Waals surface area contributed by atoms with Gasteiger partial charge in [0.1, 0.15) is 42.3 Å². The Balaban J connectivity index is 1.60. The summed E-state index contributed by atoms with van der Waals surface area (Å²) >= 11 is 1.30. The van der Waals surface area contributed by atoms with Gasteiger partial charge in [0, 0.05) is 25.3 Å². The average Bonchev–Trinajstić information content (AvgIpc) is 4.09. The van der Waals surface area contributed by atoms with Crippen molar-refractivity contribution in [2.45, 2.75) is 173 Å². The van der Waals surface area contributed by atoms with Gasteiger partial charge in [-0.05, 0) is 84.6 Å². The fraction of sp³-hybridized carbons (Fsp3) is 0.640. The molecule has 18 heteroatoms. The number of hydrogen-bond donors (Lipinski definition) is 5. The van der Waals surface area contributed by atoms with Crippen molar-refractivity contribution in [2.24, 2.45) is 16.8 Å². The van der Waals surface area contributed by atoms with Crippen molar-refractivity contribution in [1.82, 2.24) is 36.4 Å². The molecular weight excluding hydrogens is 889 g/mol. The van der Waals surface area contributed by atoms with Crippen molar-refractivity contribution >= 4 is 58.2 Å². The molecule has 4 heterocycles. The Kier molecular flexibility index (Phi) is 18.2. The minimum absolute atomic E-state index is 0.0723. The molecule has 17 nitrogen and oxygen atoms in total. The second-order valence-electron chi connectivity index (χ2n) is 20.1. The Morgan fingerprint density at radius 2 is 1.10 bits per heavy atom. The highest BCUT2D eigenvalue weighted by molar-refractivity contribution is 8.14. The summed E-state index contributed by atoms with van der Waals surface area (Å²) in [5.41, 5.74) is -1.05. The van der Waals surface area contributed by atoms with E-state index in [4.69, 9.17) is 14.5 Å². The molecule has 0 saturated carbocycles. The van der Waals surface area contributed by atoms with E-state index in [1.54, 1.807) is 67.5 Å². The number of rotatable bonds is 12. The largest absolute Gasteiger partial charge is 0.366 e. The van der Waals surface area contributed by atoms with Crippen LogP contribution in [-0.4, -0.2) is 147 Å². The first-order valence-corrected chi connectivity index (χ1v) is 25.0. The molecule has 10 unspecified atom stereocenters. The summed E-state index contributed by atoms with van der Waals surface area (Å²) in [4.78, 5) is 109. The van der Waals surface area contributed by atoms with E-state index in [-0.39, 0.29) is 31.2 Å². The summed E-state index contributed by atoms with van der Waals surface area (Å²) in [5.74, 6) is -4.32. The monoisotopic (exact) mass is 963 g/mol. The van der Waals surface area contributed by atoms with Crippen molar-refractivity contribution in [3.05, 3.63) is 61.2 Å². The molecule has 0 spiro atoms. The van der Waals surface area contributed by atoms with Crippen LogP contribution in [-0.2, 0) is 49.5 Å². The van der Waals surface area contributed by atoms with E-state index < -0.39 is 119 Å². The topological polar surface area (TPSA) is 217 Å². The number of aliphatic imine (C=N–C) groups is 1. The molecule has 1 aromatic carbocycles. The Hall–Kier alpha value is -5.07. The molecular formula is C50H74N8O9S. The highest BCUT2D eigenvalue weighted by Gasteiger charge is 2.45. The fourth-order valence-electron chi connectivity index (χ4n) is 8.99. The lowest BCUT2D eigenvalue weighted by atomic mass is 10.0. The van der Waals surface area contributed by atoms with E-state index >= 15 is 0 Å². The number of ether oxygens (including phenoxy) is 2. The van der Waals surface area contributed by atoms with Gasteiger partial charge in [0.2, 0.25) is 41.4 Å². The molecule has 0 aromatic heterocycles. The summed E-state index contributed by atoms with van der Waals surface area (Å²) in [6, 6.07) is 0.782. The van der Waals surface area contributed by atoms with Crippen LogP contribution in [0.25, 0.3) is 0 Å². The fourth-order valence-corrected chi connectivity index (χ4v) is 10.3. The van der Waals surface area contributed by atoms with Gasteiger partial charge in [-0.2, -0.15) is 0 Å². The molecule has 0 radical (unpaired) electrons. The molecule has 1 aromatic rings. The number of hydrogen-bond acceptors (Lipinski definition) is 11. The molecule has 0 aliphatic carbocycles. The minimum atomic E-state index is -1.32. The first kappa shape index (κ1) is 53.9. The van der Waals surface area contributed by atoms with E-state index in [1.165, 1.54) is 21.6 Å². The Bertz CT molecular complexity index is 2080. The lowest BCUT2D eigenvalue weighted by Crippen LogP contribution is -2.62. The summed E-state index contributed by atoms with van der Waals surface area (Å²) in [6.45, 7) is 26.0. The first-order chi connectivity index (χ1) is 32.0. The molecule has 10 atom stereocenters. The number of nitrogens with one attached hydrogen (secondary N) is 5. The van der Waals surface area contributed by atoms with E-state index in [1.807, 2.05) is 44.2 Å². The molecule has 374 valence electrons. The maximum Gasteiger partial charge on any atom is 0.246 e. The quantitative estimate of drug-likeness (QED) is 0.193. The van der Waals surface area contributed by atoms with Crippen molar-refractivity contribution in [2.75, 3.05) is 18.8 Å². The zero-order chi connectivity index (χ0) is 50.2. The number of fused-ring (bicyclic) bond motifs is 3. The summed E-state index contributed by atoms with van der Waals surface area (Å²) in [6.07, 6.45) is 3.05. The van der Waals surface area contributed by atoms with Crippen LogP contribution < -0.4 is 26.6 Å². The van der Waals surface area contributed by atoms with Crippen LogP contribution in [0.1, 0.15) is 100 Å². The third-order valence-corrected chi connectivity index (χ3v) is 14.2. The van der Waals surface area contributed by atoms with Gasteiger partial charge in [0.15, 0.2) is 0 Å². The molecule has 4 aliphatic rings. The van der Waals surface area contributed by atoms with Gasteiger partial charge in [-0.15, -0.1) is 24.9 Å². The average molecular weight is 963 g/mol. The molecule has 7 amide bonds. The lowest BCUT2D eigenvalue weighted by molar-refractivity contribution is -0.146. The van der Waals surface area contributed by atoms with Gasteiger partial charge in [0.05, 0.1) is 34.5 Å². The van der Waals surface area contributed by atoms with Gasteiger partial charge < -0.3 is 45.9 Å². The van der Waals surface area contributed by atoms with Crippen LogP contribution in [0.4, 0.5) is 0 Å². The van der Waals surface area contributed by atoms with Crippen LogP contribution in [0.3, 0.4) is 0 Å². The van der Waals surface area contributed by atoms with Crippen LogP contribution >= 0.6 is 11.8 Å². The van der Waals surface area contributed by atoms with Gasteiger partial charge in [-0.1, -0.05) is 70.2 Å². The Morgan fingerprint density at radius 1 is 0.647 bits per heavy atom. The highest BCUT2D eigenvalue weighted by Crippen LogP contribution is 2.27. The Morgan fingerprint density at radius 3 is 1.60 bits per heavy atom. The van der Waals surface area contributed by atoms with Crippen molar-refractivity contribution in [1.29, 1.82) is 0 Å². The molecule has 5 N–H and O–H groups in total.